The van der Waals surface area contributed by atoms with Crippen molar-refractivity contribution in [2.24, 2.45) is 0 Å². The minimum atomic E-state index is -1.23. The number of non-ortho nitro benzene ring substituents is 1. The third-order valence-corrected chi connectivity index (χ3v) is 3.86. The number of aliphatic carboxylic acids is 1. The van der Waals surface area contributed by atoms with Crippen LogP contribution in [0, 0.1) is 10.1 Å². The highest BCUT2D eigenvalue weighted by Gasteiger charge is 2.16. The Morgan fingerprint density at radius 3 is 2.15 bits per heavy atom. The quantitative estimate of drug-likeness (QED) is 0.478. The standard InChI is InChI=1S/C14H11NO4S/c16-14(17)13(20-12-4-2-1-3-5-12)10-6-8-11(9-7-10)15(18)19/h1-9,13H,(H,16,17)/p-1. The summed E-state index contributed by atoms with van der Waals surface area (Å²) in [6.45, 7) is 0. The van der Waals surface area contributed by atoms with Gasteiger partial charge in [0.1, 0.15) is 0 Å². The van der Waals surface area contributed by atoms with E-state index in [0.29, 0.717) is 5.56 Å². The van der Waals surface area contributed by atoms with Crippen molar-refractivity contribution in [1.82, 2.24) is 0 Å². The monoisotopic (exact) mass is 288 g/mol. The summed E-state index contributed by atoms with van der Waals surface area (Å²) < 4.78 is 0. The molecule has 102 valence electrons. The first-order valence-corrected chi connectivity index (χ1v) is 6.63. The smallest absolute Gasteiger partial charge is 0.269 e. The number of carbonyl (C=O) groups is 1. The average Bonchev–Trinajstić information content (AvgIpc) is 2.45. The Morgan fingerprint density at radius 2 is 1.65 bits per heavy atom. The molecule has 0 radical (unpaired) electrons. The molecule has 0 saturated heterocycles. The SMILES string of the molecule is O=C([O-])C(Sc1ccccc1)c1ccc([N+](=O)[O-])cc1. The lowest BCUT2D eigenvalue weighted by molar-refractivity contribution is -0.384. The molecule has 0 aliphatic rings. The van der Waals surface area contributed by atoms with E-state index in [9.17, 15) is 20.0 Å². The maximum atomic E-state index is 11.3. The normalized spacial score (nSPS) is 11.8. The lowest BCUT2D eigenvalue weighted by atomic mass is 10.1. The second-order valence-electron chi connectivity index (χ2n) is 3.98. The first-order chi connectivity index (χ1) is 9.58. The molecule has 0 heterocycles. The Morgan fingerprint density at radius 1 is 1.05 bits per heavy atom. The Labute approximate surface area is 119 Å². The minimum Gasteiger partial charge on any atom is -0.549 e. The Hall–Kier alpha value is -2.34. The lowest BCUT2D eigenvalue weighted by Crippen LogP contribution is -2.28. The Bertz CT molecular complexity index is 613. The zero-order chi connectivity index (χ0) is 14.5. The minimum absolute atomic E-state index is 0.0736. The van der Waals surface area contributed by atoms with E-state index in [-0.39, 0.29) is 5.69 Å². The van der Waals surface area contributed by atoms with Crippen LogP contribution in [0.4, 0.5) is 5.69 Å². The van der Waals surface area contributed by atoms with Crippen molar-refractivity contribution in [3.05, 3.63) is 70.3 Å². The number of benzene rings is 2. The van der Waals surface area contributed by atoms with Crippen LogP contribution in [0.2, 0.25) is 0 Å². The number of nitro groups is 1. The molecule has 2 rings (SSSR count). The fourth-order valence-electron chi connectivity index (χ4n) is 1.66. The van der Waals surface area contributed by atoms with Gasteiger partial charge < -0.3 is 9.90 Å². The highest BCUT2D eigenvalue weighted by atomic mass is 32.2. The zero-order valence-electron chi connectivity index (χ0n) is 10.3. The molecule has 0 aliphatic heterocycles. The molecule has 5 nitrogen and oxygen atoms in total. The van der Waals surface area contributed by atoms with Crippen LogP contribution in [0.5, 0.6) is 0 Å². The topological polar surface area (TPSA) is 83.3 Å². The van der Waals surface area contributed by atoms with Gasteiger partial charge in [-0.1, -0.05) is 30.3 Å². The molecule has 2 aromatic rings. The number of thioether (sulfide) groups is 1. The van der Waals surface area contributed by atoms with E-state index in [4.69, 9.17) is 0 Å². The van der Waals surface area contributed by atoms with Crippen molar-refractivity contribution in [2.75, 3.05) is 0 Å². The summed E-state index contributed by atoms with van der Waals surface area (Å²) >= 11 is 1.13. The predicted molar refractivity (Wildman–Crippen MR) is 73.1 cm³/mol. The maximum absolute atomic E-state index is 11.3. The molecule has 0 N–H and O–H groups in total. The molecule has 0 aliphatic carbocycles. The Balaban J connectivity index is 2.25. The fraction of sp³-hybridized carbons (Fsp3) is 0.0714. The third-order valence-electron chi connectivity index (χ3n) is 2.62. The summed E-state index contributed by atoms with van der Waals surface area (Å²) in [7, 11) is 0. The van der Waals surface area contributed by atoms with Gasteiger partial charge in [-0.3, -0.25) is 10.1 Å². The van der Waals surface area contributed by atoms with Crippen LogP contribution in [-0.2, 0) is 4.79 Å². The van der Waals surface area contributed by atoms with Crippen molar-refractivity contribution in [3.63, 3.8) is 0 Å². The lowest BCUT2D eigenvalue weighted by Gasteiger charge is -2.17. The van der Waals surface area contributed by atoms with E-state index < -0.39 is 16.1 Å². The van der Waals surface area contributed by atoms with Gasteiger partial charge >= 0.3 is 0 Å². The molecule has 1 unspecified atom stereocenters. The van der Waals surface area contributed by atoms with Crippen LogP contribution >= 0.6 is 11.8 Å². The molecule has 0 bridgehead atoms. The van der Waals surface area contributed by atoms with E-state index >= 15 is 0 Å². The van der Waals surface area contributed by atoms with Crippen molar-refractivity contribution in [2.45, 2.75) is 10.1 Å². The number of carboxylic acid groups (broad SMARTS) is 1. The average molecular weight is 288 g/mol. The molecule has 2 aromatic carbocycles. The van der Waals surface area contributed by atoms with Crippen LogP contribution in [0.1, 0.15) is 10.8 Å². The molecule has 0 fully saturated rings. The molecular weight excluding hydrogens is 278 g/mol. The van der Waals surface area contributed by atoms with Crippen molar-refractivity contribution in [3.8, 4) is 0 Å². The van der Waals surface area contributed by atoms with Gasteiger partial charge in [-0.2, -0.15) is 0 Å². The summed E-state index contributed by atoms with van der Waals surface area (Å²) in [6.07, 6.45) is 0. The third kappa shape index (κ3) is 3.36. The number of hydrogen-bond donors (Lipinski definition) is 0. The van der Waals surface area contributed by atoms with E-state index in [0.717, 1.165) is 16.7 Å². The number of carbonyl (C=O) groups excluding carboxylic acids is 1. The van der Waals surface area contributed by atoms with Crippen LogP contribution in [-0.4, -0.2) is 10.9 Å². The van der Waals surface area contributed by atoms with Crippen LogP contribution < -0.4 is 5.11 Å². The number of carboxylic acids is 1. The van der Waals surface area contributed by atoms with Crippen molar-refractivity contribution in [1.29, 1.82) is 0 Å². The van der Waals surface area contributed by atoms with E-state index in [1.807, 2.05) is 18.2 Å². The second kappa shape index (κ2) is 6.21. The molecule has 1 atom stereocenters. The van der Waals surface area contributed by atoms with Gasteiger partial charge in [0.25, 0.3) is 5.69 Å². The molecule has 0 amide bonds. The van der Waals surface area contributed by atoms with Gasteiger partial charge in [-0.15, -0.1) is 11.8 Å². The van der Waals surface area contributed by atoms with Crippen molar-refractivity contribution < 1.29 is 14.8 Å². The summed E-state index contributed by atoms with van der Waals surface area (Å²) in [5.41, 5.74) is 0.389. The first-order valence-electron chi connectivity index (χ1n) is 5.75. The molecular formula is C14H10NO4S-. The van der Waals surface area contributed by atoms with E-state index in [2.05, 4.69) is 0 Å². The largest absolute Gasteiger partial charge is 0.549 e. The fourth-order valence-corrected chi connectivity index (χ4v) is 2.63. The zero-order valence-corrected chi connectivity index (χ0v) is 11.1. The molecule has 6 heteroatoms. The van der Waals surface area contributed by atoms with Gasteiger partial charge in [0, 0.05) is 17.0 Å². The Kier molecular flexibility index (Phi) is 4.37. The van der Waals surface area contributed by atoms with E-state index in [1.54, 1.807) is 12.1 Å². The van der Waals surface area contributed by atoms with Gasteiger partial charge in [0.15, 0.2) is 0 Å². The molecule has 0 saturated carbocycles. The van der Waals surface area contributed by atoms with Gasteiger partial charge in [-0.05, 0) is 17.7 Å². The highest BCUT2D eigenvalue weighted by Crippen LogP contribution is 2.35. The number of nitro benzene ring substituents is 1. The van der Waals surface area contributed by atoms with E-state index in [1.165, 1.54) is 24.3 Å². The molecule has 20 heavy (non-hydrogen) atoms. The summed E-state index contributed by atoms with van der Waals surface area (Å²) in [4.78, 5) is 22.1. The number of rotatable bonds is 5. The van der Waals surface area contributed by atoms with Gasteiger partial charge in [0.2, 0.25) is 0 Å². The first kappa shape index (κ1) is 14.1. The number of hydrogen-bond acceptors (Lipinski definition) is 5. The highest BCUT2D eigenvalue weighted by molar-refractivity contribution is 8.00. The van der Waals surface area contributed by atoms with Gasteiger partial charge in [0.05, 0.1) is 16.1 Å². The van der Waals surface area contributed by atoms with Crippen LogP contribution in [0.3, 0.4) is 0 Å². The summed E-state index contributed by atoms with van der Waals surface area (Å²) in [6, 6.07) is 14.5. The molecule has 0 spiro atoms. The van der Waals surface area contributed by atoms with Crippen LogP contribution in [0.15, 0.2) is 59.5 Å². The maximum Gasteiger partial charge on any atom is 0.269 e. The second-order valence-corrected chi connectivity index (χ2v) is 5.16. The summed E-state index contributed by atoms with van der Waals surface area (Å²) in [5, 5.41) is 20.9. The number of nitrogens with zero attached hydrogens (tertiary/aromatic N) is 1. The van der Waals surface area contributed by atoms with Gasteiger partial charge in [-0.25, -0.2) is 0 Å². The van der Waals surface area contributed by atoms with Crippen molar-refractivity contribution >= 4 is 23.4 Å². The predicted octanol–water partition coefficient (Wildman–Crippen LogP) is 2.18. The summed E-state index contributed by atoms with van der Waals surface area (Å²) in [5.74, 6) is -1.23. The van der Waals surface area contributed by atoms with Crippen LogP contribution in [0.25, 0.3) is 0 Å². The molecule has 0 aromatic heterocycles.